The molecule has 4 rings (SSSR count). The number of aromatic nitrogens is 1. The van der Waals surface area contributed by atoms with Gasteiger partial charge in [0.05, 0.1) is 18.4 Å². The first-order chi connectivity index (χ1) is 14.7. The van der Waals surface area contributed by atoms with E-state index in [2.05, 4.69) is 0 Å². The molecule has 0 unspecified atom stereocenters. The van der Waals surface area contributed by atoms with E-state index in [9.17, 15) is 20.0 Å². The molecule has 0 radical (unpaired) electrons. The topological polar surface area (TPSA) is 109 Å². The first kappa shape index (κ1) is 20.5. The van der Waals surface area contributed by atoms with Crippen LogP contribution in [0.5, 0.6) is 5.88 Å². The van der Waals surface area contributed by atoms with Gasteiger partial charge in [0.25, 0.3) is 5.56 Å². The van der Waals surface area contributed by atoms with Crippen LogP contribution in [-0.2, 0) is 6.54 Å². The molecule has 4 aromatic rings. The lowest BCUT2D eigenvalue weighted by Gasteiger charge is -2.14. The van der Waals surface area contributed by atoms with E-state index in [1.54, 1.807) is 31.2 Å². The number of nitrogens with zero attached hydrogens (tertiary/aromatic N) is 2. The zero-order valence-electron chi connectivity index (χ0n) is 16.9. The highest BCUT2D eigenvalue weighted by atomic mass is 35.5. The van der Waals surface area contributed by atoms with Gasteiger partial charge in [0.15, 0.2) is 5.76 Å². The normalized spacial score (nSPS) is 11.1. The lowest BCUT2D eigenvalue weighted by Crippen LogP contribution is -2.27. The third-order valence-corrected chi connectivity index (χ3v) is 5.75. The lowest BCUT2D eigenvalue weighted by molar-refractivity contribution is 0.100. The summed E-state index contributed by atoms with van der Waals surface area (Å²) in [5, 5.41) is 21.6. The van der Waals surface area contributed by atoms with E-state index >= 15 is 0 Å². The van der Waals surface area contributed by atoms with Crippen LogP contribution >= 0.6 is 11.6 Å². The second kappa shape index (κ2) is 7.49. The Balaban J connectivity index is 1.95. The number of aryl methyl sites for hydroxylation is 2. The largest absolute Gasteiger partial charge is 0.494 e. The summed E-state index contributed by atoms with van der Waals surface area (Å²) < 4.78 is 12.0. The summed E-state index contributed by atoms with van der Waals surface area (Å²) in [7, 11) is 0. The zero-order valence-corrected chi connectivity index (χ0v) is 17.7. The van der Waals surface area contributed by atoms with Gasteiger partial charge in [-0.3, -0.25) is 14.2 Å². The molecule has 0 bridgehead atoms. The number of hydrogen-bond donors (Lipinski definition) is 1. The van der Waals surface area contributed by atoms with E-state index in [4.69, 9.17) is 20.4 Å². The minimum atomic E-state index is -0.714. The van der Waals surface area contributed by atoms with Crippen LogP contribution < -0.4 is 5.56 Å². The maximum absolute atomic E-state index is 13.4. The molecule has 0 saturated carbocycles. The van der Waals surface area contributed by atoms with Gasteiger partial charge in [-0.1, -0.05) is 11.6 Å². The molecule has 0 spiro atoms. The molecule has 3 aromatic heterocycles. The number of aromatic hydroxyl groups is 1. The van der Waals surface area contributed by atoms with E-state index in [0.29, 0.717) is 27.3 Å². The number of fused-ring (bicyclic) bond motifs is 1. The van der Waals surface area contributed by atoms with Crippen molar-refractivity contribution in [3.05, 3.63) is 85.2 Å². The maximum Gasteiger partial charge on any atom is 0.271 e. The maximum atomic E-state index is 13.4. The summed E-state index contributed by atoms with van der Waals surface area (Å²) in [5.74, 6) is -0.810. The number of hydrogen-bond acceptors (Lipinski definition) is 6. The quantitative estimate of drug-likeness (QED) is 0.467. The molecule has 0 saturated heterocycles. The molecule has 7 nitrogen and oxygen atoms in total. The molecular formula is C23H17ClN2O5. The Kier molecular flexibility index (Phi) is 4.96. The van der Waals surface area contributed by atoms with E-state index in [0.717, 1.165) is 10.1 Å². The fourth-order valence-electron chi connectivity index (χ4n) is 3.60. The van der Waals surface area contributed by atoms with Crippen molar-refractivity contribution in [2.75, 3.05) is 0 Å². The van der Waals surface area contributed by atoms with Crippen LogP contribution in [0.4, 0.5) is 0 Å². The number of furan rings is 2. The second-order valence-electron chi connectivity index (χ2n) is 7.26. The number of ketones is 1. The van der Waals surface area contributed by atoms with Gasteiger partial charge in [-0.25, -0.2) is 0 Å². The third-order valence-electron chi connectivity index (χ3n) is 5.34. The average Bonchev–Trinajstić information content (AvgIpc) is 3.34. The van der Waals surface area contributed by atoms with E-state index < -0.39 is 17.2 Å². The molecule has 3 heterocycles. The Bertz CT molecular complexity index is 1450. The highest BCUT2D eigenvalue weighted by Crippen LogP contribution is 2.33. The van der Waals surface area contributed by atoms with Crippen molar-refractivity contribution in [2.45, 2.75) is 27.3 Å². The molecule has 0 atom stereocenters. The third kappa shape index (κ3) is 3.22. The van der Waals surface area contributed by atoms with Crippen LogP contribution in [0.25, 0.3) is 11.0 Å². The minimum absolute atomic E-state index is 0.00199. The summed E-state index contributed by atoms with van der Waals surface area (Å²) >= 11 is 6.21. The molecule has 0 aliphatic carbocycles. The van der Waals surface area contributed by atoms with Crippen LogP contribution in [0.3, 0.4) is 0 Å². The Morgan fingerprint density at radius 3 is 2.65 bits per heavy atom. The predicted molar refractivity (Wildman–Crippen MR) is 114 cm³/mol. The molecular weight excluding hydrogens is 420 g/mol. The average molecular weight is 437 g/mol. The molecule has 156 valence electrons. The van der Waals surface area contributed by atoms with Crippen molar-refractivity contribution in [1.29, 1.82) is 5.26 Å². The van der Waals surface area contributed by atoms with Crippen LogP contribution in [0.2, 0.25) is 5.02 Å². The Hall–Kier alpha value is -3.76. The summed E-state index contributed by atoms with van der Waals surface area (Å²) in [6.45, 7) is 4.84. The lowest BCUT2D eigenvalue weighted by atomic mass is 9.98. The Morgan fingerprint density at radius 2 is 2.00 bits per heavy atom. The number of pyridine rings is 1. The van der Waals surface area contributed by atoms with Gasteiger partial charge in [0, 0.05) is 16.0 Å². The van der Waals surface area contributed by atoms with Crippen molar-refractivity contribution < 1.29 is 18.7 Å². The zero-order chi connectivity index (χ0) is 22.4. The van der Waals surface area contributed by atoms with Gasteiger partial charge in [0.2, 0.25) is 11.7 Å². The number of nitriles is 1. The first-order valence-corrected chi connectivity index (χ1v) is 9.75. The van der Waals surface area contributed by atoms with Crippen molar-refractivity contribution in [3.63, 3.8) is 0 Å². The summed E-state index contributed by atoms with van der Waals surface area (Å²) in [6.07, 6.45) is 1.42. The second-order valence-corrected chi connectivity index (χ2v) is 7.67. The Labute approximate surface area is 181 Å². The van der Waals surface area contributed by atoms with E-state index in [1.807, 2.05) is 13.0 Å². The SMILES string of the molecule is Cc1cc2oc(C(=O)c3c(C)c(C#N)c(=O)n(Cc4ccco4)c3O)c(C)c2cc1Cl. The van der Waals surface area contributed by atoms with Crippen molar-refractivity contribution in [1.82, 2.24) is 4.57 Å². The molecule has 1 aromatic carbocycles. The highest BCUT2D eigenvalue weighted by Gasteiger charge is 2.29. The van der Waals surface area contributed by atoms with Gasteiger partial charge in [-0.15, -0.1) is 0 Å². The molecule has 1 N–H and O–H groups in total. The standard InChI is InChI=1S/C23H17ClN2O5/c1-11-7-18-15(8-17(11)24)13(3)21(31-18)20(27)19-12(2)16(9-25)22(28)26(23(19)29)10-14-5-4-6-30-14/h4-8,29H,10H2,1-3H3. The molecule has 31 heavy (non-hydrogen) atoms. The number of benzene rings is 1. The number of halogens is 1. The number of carbonyl (C=O) groups is 1. The van der Waals surface area contributed by atoms with Crippen LogP contribution in [0, 0.1) is 32.1 Å². The summed E-state index contributed by atoms with van der Waals surface area (Å²) in [5.41, 5.74) is 0.772. The first-order valence-electron chi connectivity index (χ1n) is 9.37. The van der Waals surface area contributed by atoms with Gasteiger partial charge >= 0.3 is 0 Å². The smallest absolute Gasteiger partial charge is 0.271 e. The van der Waals surface area contributed by atoms with Crippen molar-refractivity contribution in [2.24, 2.45) is 0 Å². The molecule has 8 heteroatoms. The molecule has 0 amide bonds. The fourth-order valence-corrected chi connectivity index (χ4v) is 3.76. The van der Waals surface area contributed by atoms with Gasteiger partial charge in [-0.05, 0) is 56.2 Å². The fraction of sp³-hybridized carbons (Fsp3) is 0.174. The van der Waals surface area contributed by atoms with Gasteiger partial charge in [-0.2, -0.15) is 5.26 Å². The van der Waals surface area contributed by atoms with Crippen molar-refractivity contribution >= 4 is 28.4 Å². The van der Waals surface area contributed by atoms with Crippen molar-refractivity contribution in [3.8, 4) is 11.9 Å². The van der Waals surface area contributed by atoms with Crippen LogP contribution in [-0.4, -0.2) is 15.5 Å². The minimum Gasteiger partial charge on any atom is -0.494 e. The highest BCUT2D eigenvalue weighted by molar-refractivity contribution is 6.32. The van der Waals surface area contributed by atoms with Gasteiger partial charge < -0.3 is 13.9 Å². The number of carbonyl (C=O) groups excluding carboxylic acids is 1. The summed E-state index contributed by atoms with van der Waals surface area (Å²) in [6, 6.07) is 8.54. The molecule has 0 fully saturated rings. The molecule has 0 aliphatic rings. The van der Waals surface area contributed by atoms with Gasteiger partial charge in [0.1, 0.15) is 23.0 Å². The van der Waals surface area contributed by atoms with E-state index in [1.165, 1.54) is 13.2 Å². The monoisotopic (exact) mass is 436 g/mol. The number of rotatable bonds is 4. The Morgan fingerprint density at radius 1 is 1.26 bits per heavy atom. The van der Waals surface area contributed by atoms with Crippen LogP contribution in [0.1, 0.15) is 44.1 Å². The summed E-state index contributed by atoms with van der Waals surface area (Å²) in [4.78, 5) is 26.2. The predicted octanol–water partition coefficient (Wildman–Crippen LogP) is 4.62. The van der Waals surface area contributed by atoms with E-state index in [-0.39, 0.29) is 29.0 Å². The molecule has 0 aliphatic heterocycles. The van der Waals surface area contributed by atoms with Crippen LogP contribution in [0.15, 0.2) is 44.2 Å².